The van der Waals surface area contributed by atoms with Crippen LogP contribution < -0.4 is 5.73 Å². The molecule has 1 fully saturated rings. The summed E-state index contributed by atoms with van der Waals surface area (Å²) >= 11 is 1.60. The summed E-state index contributed by atoms with van der Waals surface area (Å²) in [5.74, 6) is 0.304. The van der Waals surface area contributed by atoms with Crippen molar-refractivity contribution in [3.63, 3.8) is 0 Å². The molecule has 2 aliphatic rings. The molecule has 0 radical (unpaired) electrons. The summed E-state index contributed by atoms with van der Waals surface area (Å²) in [4.78, 5) is 23.1. The zero-order chi connectivity index (χ0) is 21.6. The van der Waals surface area contributed by atoms with Crippen molar-refractivity contribution < 1.29 is 4.79 Å². The van der Waals surface area contributed by atoms with Gasteiger partial charge in [0.05, 0.1) is 17.6 Å². The fraction of sp³-hybridized carbons (Fsp3) is 0.435. The van der Waals surface area contributed by atoms with E-state index in [-0.39, 0.29) is 23.7 Å². The van der Waals surface area contributed by atoms with Gasteiger partial charge in [-0.2, -0.15) is 5.26 Å². The zero-order valence-electron chi connectivity index (χ0n) is 17.8. The van der Waals surface area contributed by atoms with Crippen molar-refractivity contribution in [2.75, 3.05) is 20.1 Å². The van der Waals surface area contributed by atoms with E-state index in [9.17, 15) is 10.1 Å². The number of guanidine groups is 1. The molecule has 156 valence electrons. The first-order valence-corrected chi connectivity index (χ1v) is 11.1. The van der Waals surface area contributed by atoms with E-state index in [1.807, 2.05) is 25.1 Å². The van der Waals surface area contributed by atoms with E-state index in [0.717, 1.165) is 29.1 Å². The third kappa shape index (κ3) is 3.30. The van der Waals surface area contributed by atoms with E-state index < -0.39 is 5.54 Å². The molecule has 0 aliphatic carbocycles. The van der Waals surface area contributed by atoms with Gasteiger partial charge in [0.15, 0.2) is 5.96 Å². The molecule has 4 rings (SSSR count). The molecule has 2 atom stereocenters. The van der Waals surface area contributed by atoms with Crippen LogP contribution in [0.15, 0.2) is 40.7 Å². The molecule has 7 heteroatoms. The molecule has 1 amide bonds. The van der Waals surface area contributed by atoms with Crippen LogP contribution in [0.2, 0.25) is 0 Å². The monoisotopic (exact) mass is 421 g/mol. The van der Waals surface area contributed by atoms with Crippen LogP contribution in [0.25, 0.3) is 11.1 Å². The average Bonchev–Trinajstić information content (AvgIpc) is 3.18. The lowest BCUT2D eigenvalue weighted by Crippen LogP contribution is -2.63. The fourth-order valence-electron chi connectivity index (χ4n) is 4.52. The lowest BCUT2D eigenvalue weighted by Gasteiger charge is -2.51. The number of carbonyl (C=O) groups excluding carboxylic acids is 1. The van der Waals surface area contributed by atoms with Crippen LogP contribution in [0.3, 0.4) is 0 Å². The van der Waals surface area contributed by atoms with E-state index >= 15 is 0 Å². The Kier molecular flexibility index (Phi) is 5.16. The molecule has 1 saturated heterocycles. The number of nitrogens with two attached hydrogens (primary N) is 1. The fourth-order valence-corrected chi connectivity index (χ4v) is 5.58. The van der Waals surface area contributed by atoms with Crippen molar-refractivity contribution in [3.05, 3.63) is 46.2 Å². The highest BCUT2D eigenvalue weighted by Crippen LogP contribution is 2.47. The minimum Gasteiger partial charge on any atom is -0.369 e. The third-order valence-electron chi connectivity index (χ3n) is 6.46. The Bertz CT molecular complexity index is 1050. The van der Waals surface area contributed by atoms with Gasteiger partial charge in [-0.25, -0.2) is 4.99 Å². The molecular formula is C23H27N5OS. The predicted octanol–water partition coefficient (Wildman–Crippen LogP) is 3.25. The number of likely N-dealkylation sites (tertiary alicyclic amines) is 1. The van der Waals surface area contributed by atoms with Crippen molar-refractivity contribution >= 4 is 23.2 Å². The van der Waals surface area contributed by atoms with Gasteiger partial charge in [-0.3, -0.25) is 9.69 Å². The van der Waals surface area contributed by atoms with Crippen molar-refractivity contribution in [2.45, 2.75) is 32.4 Å². The average molecular weight is 422 g/mol. The Balaban J connectivity index is 1.72. The molecule has 3 heterocycles. The first-order chi connectivity index (χ1) is 14.2. The minimum atomic E-state index is -0.697. The Morgan fingerprint density at radius 3 is 2.70 bits per heavy atom. The van der Waals surface area contributed by atoms with Gasteiger partial charge in [-0.15, -0.1) is 11.3 Å². The largest absolute Gasteiger partial charge is 0.369 e. The van der Waals surface area contributed by atoms with Gasteiger partial charge in [0.25, 0.3) is 0 Å². The summed E-state index contributed by atoms with van der Waals surface area (Å²) < 4.78 is 0. The van der Waals surface area contributed by atoms with Crippen molar-refractivity contribution in [2.24, 2.45) is 22.6 Å². The topological polar surface area (TPSA) is 85.7 Å². The Morgan fingerprint density at radius 1 is 1.30 bits per heavy atom. The highest BCUT2D eigenvalue weighted by atomic mass is 32.1. The summed E-state index contributed by atoms with van der Waals surface area (Å²) in [6.45, 7) is 8.20. The maximum atomic E-state index is 13.3. The maximum Gasteiger partial charge on any atom is 0.235 e. The van der Waals surface area contributed by atoms with Gasteiger partial charge in [0.2, 0.25) is 5.91 Å². The van der Waals surface area contributed by atoms with E-state index in [1.165, 1.54) is 4.90 Å². The van der Waals surface area contributed by atoms with Crippen molar-refractivity contribution in [1.29, 1.82) is 5.26 Å². The number of nitrogens with zero attached hydrogens (tertiary/aromatic N) is 4. The third-order valence-corrected chi connectivity index (χ3v) is 7.61. The zero-order valence-corrected chi connectivity index (χ0v) is 18.6. The number of hydrogen-bond acceptors (Lipinski definition) is 6. The second-order valence-electron chi connectivity index (χ2n) is 8.69. The molecular weight excluding hydrogens is 394 g/mol. The second kappa shape index (κ2) is 7.53. The number of rotatable bonds is 4. The molecule has 0 saturated carbocycles. The molecule has 6 nitrogen and oxygen atoms in total. The minimum absolute atomic E-state index is 0.0415. The predicted molar refractivity (Wildman–Crippen MR) is 120 cm³/mol. The molecule has 2 aromatic rings. The molecule has 1 aromatic carbocycles. The molecule has 1 aromatic heterocycles. The lowest BCUT2D eigenvalue weighted by atomic mass is 9.71. The molecule has 0 spiro atoms. The van der Waals surface area contributed by atoms with Crippen LogP contribution in [0, 0.1) is 23.2 Å². The van der Waals surface area contributed by atoms with Crippen LogP contribution in [0.5, 0.6) is 0 Å². The van der Waals surface area contributed by atoms with E-state index in [4.69, 9.17) is 10.7 Å². The summed E-state index contributed by atoms with van der Waals surface area (Å²) in [6, 6.07) is 12.3. The van der Waals surface area contributed by atoms with Crippen LogP contribution in [0.1, 0.15) is 31.2 Å². The van der Waals surface area contributed by atoms with Crippen LogP contribution in [-0.2, 0) is 10.3 Å². The van der Waals surface area contributed by atoms with Gasteiger partial charge in [-0.05, 0) is 61.4 Å². The number of aliphatic imine (C=N–C) groups is 1. The summed E-state index contributed by atoms with van der Waals surface area (Å²) in [5, 5.41) is 11.3. The Labute approximate surface area is 181 Å². The number of nitriles is 1. The van der Waals surface area contributed by atoms with Gasteiger partial charge in [0.1, 0.15) is 5.54 Å². The Hall–Kier alpha value is -2.69. The van der Waals surface area contributed by atoms with Crippen molar-refractivity contribution in [1.82, 2.24) is 9.80 Å². The first kappa shape index (κ1) is 20.6. The molecule has 30 heavy (non-hydrogen) atoms. The second-order valence-corrected chi connectivity index (χ2v) is 9.60. The van der Waals surface area contributed by atoms with Gasteiger partial charge >= 0.3 is 0 Å². The lowest BCUT2D eigenvalue weighted by molar-refractivity contribution is -0.140. The Morgan fingerprint density at radius 2 is 2.03 bits per heavy atom. The quantitative estimate of drug-likeness (QED) is 0.821. The van der Waals surface area contributed by atoms with Crippen LogP contribution in [0.4, 0.5) is 0 Å². The standard InChI is InChI=1S/C23H27N5OS/c1-14(2)28-11-18(12-28)20-21(29)27(4)22(25)26-23(20,3)19-9-17(13-30-19)16-7-5-6-15(8-16)10-24/h5-9,13-14,18,20H,11-12H2,1-4H3,(H2,25,26)/t20-,23-/m1/s1. The number of hydrogen-bond donors (Lipinski definition) is 1. The normalized spacial score (nSPS) is 25.2. The summed E-state index contributed by atoms with van der Waals surface area (Å²) in [5.41, 5.74) is 8.10. The summed E-state index contributed by atoms with van der Waals surface area (Å²) in [7, 11) is 1.71. The number of amides is 1. The van der Waals surface area contributed by atoms with Crippen LogP contribution >= 0.6 is 11.3 Å². The smallest absolute Gasteiger partial charge is 0.235 e. The van der Waals surface area contributed by atoms with E-state index in [2.05, 4.69) is 36.3 Å². The van der Waals surface area contributed by atoms with Gasteiger partial charge in [0, 0.05) is 31.1 Å². The summed E-state index contributed by atoms with van der Waals surface area (Å²) in [6.07, 6.45) is 0. The highest BCUT2D eigenvalue weighted by molar-refractivity contribution is 7.10. The molecule has 0 unspecified atom stereocenters. The molecule has 2 aliphatic heterocycles. The van der Waals surface area contributed by atoms with Crippen molar-refractivity contribution in [3.8, 4) is 17.2 Å². The number of carbonyl (C=O) groups is 1. The van der Waals surface area contributed by atoms with E-state index in [0.29, 0.717) is 11.6 Å². The van der Waals surface area contributed by atoms with Gasteiger partial charge < -0.3 is 10.6 Å². The van der Waals surface area contributed by atoms with Gasteiger partial charge in [-0.1, -0.05) is 12.1 Å². The SMILES string of the molecule is CC(C)N1CC([C@@H]2C(=O)N(C)C(N)=N[C@]2(C)c2cc(-c3cccc(C#N)c3)cs2)C1. The van der Waals surface area contributed by atoms with E-state index in [1.54, 1.807) is 24.5 Å². The first-order valence-electron chi connectivity index (χ1n) is 10.2. The maximum absolute atomic E-state index is 13.3. The van der Waals surface area contributed by atoms with Crippen LogP contribution in [-0.4, -0.2) is 47.8 Å². The number of thiophene rings is 1. The molecule has 2 N–H and O–H groups in total. The highest BCUT2D eigenvalue weighted by Gasteiger charge is 2.53. The molecule has 0 bridgehead atoms. The number of benzene rings is 1.